The number of allylic oxidation sites excluding steroid dienone is 3. The number of rotatable bonds is 15. The molecular formula is C28H33FN6O4S. The molecule has 1 aromatic heterocycles. The third-order valence-corrected chi connectivity index (χ3v) is 6.40. The Bertz CT molecular complexity index is 1330. The summed E-state index contributed by atoms with van der Waals surface area (Å²) in [6, 6.07) is 13.5. The van der Waals surface area contributed by atoms with Gasteiger partial charge in [-0.05, 0) is 54.7 Å². The van der Waals surface area contributed by atoms with Gasteiger partial charge in [0, 0.05) is 12.1 Å². The lowest BCUT2D eigenvalue weighted by Crippen LogP contribution is -2.28. The topological polar surface area (TPSA) is 165 Å². The SMILES string of the molecule is N/C(=C\C=C(/N)NC(=O)Cc1ccccc1)CCCCc1nnc(NC(=O)Cc2ccc(F)c(OCCO)c2)s1. The summed E-state index contributed by atoms with van der Waals surface area (Å²) in [5.41, 5.74) is 14.0. The molecular weight excluding hydrogens is 535 g/mol. The smallest absolute Gasteiger partial charge is 0.230 e. The van der Waals surface area contributed by atoms with Crippen molar-refractivity contribution in [3.63, 3.8) is 0 Å². The van der Waals surface area contributed by atoms with Gasteiger partial charge >= 0.3 is 0 Å². The van der Waals surface area contributed by atoms with E-state index in [4.69, 9.17) is 21.3 Å². The number of aromatic nitrogens is 2. The van der Waals surface area contributed by atoms with Gasteiger partial charge in [-0.2, -0.15) is 0 Å². The van der Waals surface area contributed by atoms with E-state index >= 15 is 0 Å². The first kappa shape index (κ1) is 30.3. The molecule has 10 nitrogen and oxygen atoms in total. The van der Waals surface area contributed by atoms with Crippen LogP contribution in [0, 0.1) is 5.82 Å². The summed E-state index contributed by atoms with van der Waals surface area (Å²) in [4.78, 5) is 24.5. The van der Waals surface area contributed by atoms with Crippen LogP contribution in [0.15, 0.2) is 72.2 Å². The number of anilines is 1. The molecule has 2 amide bonds. The lowest BCUT2D eigenvalue weighted by Gasteiger charge is -2.08. The number of benzene rings is 2. The number of ether oxygens (including phenoxy) is 1. The van der Waals surface area contributed by atoms with Crippen molar-refractivity contribution in [3.8, 4) is 5.75 Å². The summed E-state index contributed by atoms with van der Waals surface area (Å²) < 4.78 is 18.9. The maximum absolute atomic E-state index is 13.8. The van der Waals surface area contributed by atoms with E-state index in [0.29, 0.717) is 29.2 Å². The first-order chi connectivity index (χ1) is 19.3. The number of unbranched alkanes of at least 4 members (excludes halogenated alkanes) is 1. The summed E-state index contributed by atoms with van der Waals surface area (Å²) in [7, 11) is 0. The van der Waals surface area contributed by atoms with Gasteiger partial charge in [0.2, 0.25) is 16.9 Å². The lowest BCUT2D eigenvalue weighted by molar-refractivity contribution is -0.119. The van der Waals surface area contributed by atoms with Gasteiger partial charge < -0.3 is 31.9 Å². The van der Waals surface area contributed by atoms with Crippen molar-refractivity contribution >= 4 is 28.3 Å². The third kappa shape index (κ3) is 10.8. The predicted molar refractivity (Wildman–Crippen MR) is 152 cm³/mol. The average Bonchev–Trinajstić information content (AvgIpc) is 3.37. The minimum atomic E-state index is -0.563. The molecule has 0 atom stereocenters. The highest BCUT2D eigenvalue weighted by molar-refractivity contribution is 7.15. The molecule has 7 N–H and O–H groups in total. The second-order valence-electron chi connectivity index (χ2n) is 8.84. The summed E-state index contributed by atoms with van der Waals surface area (Å²) >= 11 is 1.29. The standard InChI is InChI=1S/C28H33FN6O4S/c29-22-12-10-20(16-23(22)39-15-14-36)18-26(38)33-28-35-34-27(40-28)9-5-4-8-21(30)11-13-24(31)32-25(37)17-19-6-2-1-3-7-19/h1-3,6-7,10-13,16,36H,4-5,8-9,14-15,17-18,30-31H2,(H,32,37)(H,33,35,38)/b21-11-,24-13+. The highest BCUT2D eigenvalue weighted by Gasteiger charge is 2.12. The van der Waals surface area contributed by atoms with Crippen LogP contribution in [0.5, 0.6) is 5.75 Å². The van der Waals surface area contributed by atoms with Crippen LogP contribution in [0.2, 0.25) is 0 Å². The van der Waals surface area contributed by atoms with Crippen LogP contribution >= 0.6 is 11.3 Å². The number of carbonyl (C=O) groups is 2. The second kappa shape index (κ2) is 16.0. The van der Waals surface area contributed by atoms with Gasteiger partial charge in [0.15, 0.2) is 11.6 Å². The first-order valence-corrected chi connectivity index (χ1v) is 13.5. The number of nitrogens with zero attached hydrogens (tertiary/aromatic N) is 2. The predicted octanol–water partition coefficient (Wildman–Crippen LogP) is 2.94. The van der Waals surface area contributed by atoms with E-state index in [1.807, 2.05) is 30.3 Å². The molecule has 0 saturated heterocycles. The molecule has 3 aromatic rings. The minimum absolute atomic E-state index is 0.00591. The number of nitrogens with two attached hydrogens (primary N) is 2. The van der Waals surface area contributed by atoms with Gasteiger partial charge in [-0.1, -0.05) is 47.7 Å². The van der Waals surface area contributed by atoms with E-state index < -0.39 is 5.82 Å². The van der Waals surface area contributed by atoms with Crippen LogP contribution in [0.4, 0.5) is 9.52 Å². The molecule has 212 valence electrons. The molecule has 0 unspecified atom stereocenters. The van der Waals surface area contributed by atoms with Crippen molar-refractivity contribution in [2.24, 2.45) is 11.5 Å². The summed E-state index contributed by atoms with van der Waals surface area (Å²) in [6.45, 7) is -0.277. The third-order valence-electron chi connectivity index (χ3n) is 5.50. The Labute approximate surface area is 235 Å². The Kier molecular flexibility index (Phi) is 12.1. The van der Waals surface area contributed by atoms with Crippen molar-refractivity contribution in [1.82, 2.24) is 15.5 Å². The van der Waals surface area contributed by atoms with Crippen LogP contribution in [0.3, 0.4) is 0 Å². The number of halogens is 1. The fourth-order valence-electron chi connectivity index (χ4n) is 3.59. The van der Waals surface area contributed by atoms with Gasteiger partial charge in [0.1, 0.15) is 17.4 Å². The van der Waals surface area contributed by atoms with Gasteiger partial charge in [0.05, 0.1) is 19.4 Å². The zero-order valence-corrected chi connectivity index (χ0v) is 22.8. The number of aliphatic hydroxyl groups is 1. The molecule has 40 heavy (non-hydrogen) atoms. The molecule has 12 heteroatoms. The molecule has 0 radical (unpaired) electrons. The summed E-state index contributed by atoms with van der Waals surface area (Å²) in [6.07, 6.45) is 6.45. The van der Waals surface area contributed by atoms with E-state index in [2.05, 4.69) is 20.8 Å². The molecule has 0 spiro atoms. The Morgan fingerprint density at radius 3 is 2.55 bits per heavy atom. The van der Waals surface area contributed by atoms with E-state index in [0.717, 1.165) is 23.4 Å². The molecule has 1 heterocycles. The zero-order chi connectivity index (χ0) is 28.7. The van der Waals surface area contributed by atoms with Gasteiger partial charge in [-0.25, -0.2) is 4.39 Å². The van der Waals surface area contributed by atoms with Crippen LogP contribution < -0.4 is 26.8 Å². The number of amides is 2. The molecule has 0 bridgehead atoms. The van der Waals surface area contributed by atoms with Crippen LogP contribution in [0.1, 0.15) is 35.4 Å². The van der Waals surface area contributed by atoms with Crippen molar-refractivity contribution in [2.45, 2.75) is 38.5 Å². The van der Waals surface area contributed by atoms with Crippen molar-refractivity contribution < 1.29 is 23.8 Å². The summed E-state index contributed by atoms with van der Waals surface area (Å²) in [5.74, 6) is -0.871. The highest BCUT2D eigenvalue weighted by Crippen LogP contribution is 2.21. The molecule has 0 aliphatic rings. The van der Waals surface area contributed by atoms with Crippen molar-refractivity contribution in [2.75, 3.05) is 18.5 Å². The number of hydrogen-bond donors (Lipinski definition) is 5. The molecule has 2 aromatic carbocycles. The normalized spacial score (nSPS) is 11.8. The van der Waals surface area contributed by atoms with E-state index in [-0.39, 0.29) is 49.4 Å². The average molecular weight is 569 g/mol. The number of aliphatic hydroxyl groups excluding tert-OH is 1. The quantitative estimate of drug-likeness (QED) is 0.138. The maximum Gasteiger partial charge on any atom is 0.230 e. The highest BCUT2D eigenvalue weighted by atomic mass is 32.1. The van der Waals surface area contributed by atoms with Gasteiger partial charge in [-0.15, -0.1) is 10.2 Å². The monoisotopic (exact) mass is 568 g/mol. The fraction of sp³-hybridized carbons (Fsp3) is 0.286. The Morgan fingerprint density at radius 1 is 1.00 bits per heavy atom. The Balaban J connectivity index is 1.36. The Hall–Kier alpha value is -4.29. The number of hydrogen-bond acceptors (Lipinski definition) is 9. The second-order valence-corrected chi connectivity index (χ2v) is 9.91. The van der Waals surface area contributed by atoms with Crippen LogP contribution in [-0.4, -0.2) is 40.3 Å². The molecule has 0 aliphatic carbocycles. The first-order valence-electron chi connectivity index (χ1n) is 12.7. The zero-order valence-electron chi connectivity index (χ0n) is 21.9. The summed E-state index contributed by atoms with van der Waals surface area (Å²) in [5, 5.41) is 23.5. The fourth-order valence-corrected chi connectivity index (χ4v) is 4.39. The number of aryl methyl sites for hydroxylation is 1. The van der Waals surface area contributed by atoms with E-state index in [1.165, 1.54) is 29.5 Å². The molecule has 0 aliphatic heterocycles. The molecule has 0 saturated carbocycles. The number of carbonyl (C=O) groups excluding carboxylic acids is 2. The maximum atomic E-state index is 13.8. The largest absolute Gasteiger partial charge is 0.488 e. The number of nitrogens with one attached hydrogen (secondary N) is 2. The van der Waals surface area contributed by atoms with E-state index in [1.54, 1.807) is 12.2 Å². The van der Waals surface area contributed by atoms with Gasteiger partial charge in [0.25, 0.3) is 0 Å². The minimum Gasteiger partial charge on any atom is -0.488 e. The van der Waals surface area contributed by atoms with E-state index in [9.17, 15) is 14.0 Å². The molecule has 3 rings (SSSR count). The van der Waals surface area contributed by atoms with Crippen molar-refractivity contribution in [1.29, 1.82) is 0 Å². The lowest BCUT2D eigenvalue weighted by atomic mass is 10.1. The Morgan fingerprint density at radius 2 is 1.77 bits per heavy atom. The van der Waals surface area contributed by atoms with Crippen LogP contribution in [0.25, 0.3) is 0 Å². The van der Waals surface area contributed by atoms with Crippen LogP contribution in [-0.2, 0) is 28.9 Å². The molecule has 0 fully saturated rings. The van der Waals surface area contributed by atoms with Gasteiger partial charge in [-0.3, -0.25) is 9.59 Å². The van der Waals surface area contributed by atoms with Crippen molar-refractivity contribution in [3.05, 3.63) is 94.2 Å².